The molecule has 3 nitrogen and oxygen atoms in total. The van der Waals surface area contributed by atoms with Crippen molar-refractivity contribution in [3.05, 3.63) is 35.9 Å². The third-order valence-corrected chi connectivity index (χ3v) is 12.0. The largest absolute Gasteiger partial charge is 0.469 e. The van der Waals surface area contributed by atoms with Crippen LogP contribution in [0.25, 0.3) is 0 Å². The van der Waals surface area contributed by atoms with Crippen molar-refractivity contribution in [2.75, 3.05) is 7.11 Å². The van der Waals surface area contributed by atoms with Crippen molar-refractivity contribution in [1.82, 2.24) is 0 Å². The second kappa shape index (κ2) is 9.51. The molecule has 0 aromatic heterocycles. The third-order valence-electron chi connectivity index (χ3n) is 12.0. The van der Waals surface area contributed by atoms with E-state index in [4.69, 9.17) is 4.74 Å². The number of hydrogen-bond acceptors (Lipinski definition) is 3. The van der Waals surface area contributed by atoms with Gasteiger partial charge in [-0.1, -0.05) is 51.1 Å². The maximum Gasteiger partial charge on any atom is 0.305 e. The highest BCUT2D eigenvalue weighted by Crippen LogP contribution is 2.69. The van der Waals surface area contributed by atoms with Crippen LogP contribution in [0.15, 0.2) is 30.3 Å². The molecule has 9 atom stereocenters. The van der Waals surface area contributed by atoms with Crippen molar-refractivity contribution in [2.24, 2.45) is 46.3 Å². The Morgan fingerprint density at radius 3 is 2.49 bits per heavy atom. The van der Waals surface area contributed by atoms with E-state index in [1.165, 1.54) is 57.6 Å². The fourth-order valence-corrected chi connectivity index (χ4v) is 10.1. The molecule has 5 rings (SSSR count). The molecule has 0 radical (unpaired) electrons. The summed E-state index contributed by atoms with van der Waals surface area (Å²) in [4.78, 5) is 11.8. The Labute approximate surface area is 213 Å². The van der Waals surface area contributed by atoms with Crippen LogP contribution in [-0.4, -0.2) is 23.8 Å². The molecule has 1 unspecified atom stereocenters. The van der Waals surface area contributed by atoms with E-state index in [0.717, 1.165) is 49.4 Å². The molecule has 0 amide bonds. The van der Waals surface area contributed by atoms with Gasteiger partial charge in [0.05, 0.1) is 12.7 Å². The SMILES string of the molecule is COC(=O)CC[C@@H](C)[C@H]1CC[C@H]2[C@@H]3CCC4C[C@@](O)(Cc5ccccc5)CC[C@]4(C)[C@H]3CC[C@]12C. The van der Waals surface area contributed by atoms with Gasteiger partial charge in [0.2, 0.25) is 0 Å². The van der Waals surface area contributed by atoms with E-state index in [2.05, 4.69) is 51.1 Å². The Kier molecular flexibility index (Phi) is 6.87. The molecule has 4 aliphatic carbocycles. The lowest BCUT2D eigenvalue weighted by molar-refractivity contribution is -0.152. The standard InChI is InChI=1S/C32H48O3/c1-22(10-15-29(33)35-4)26-13-14-27-25-12-11-24-21-32(34,20-23-8-6-5-7-9-23)19-18-30(24,2)28(25)16-17-31(26,27)3/h5-9,22,24-28,34H,10-21H2,1-4H3/t22-,24?,25+,26-,27+,28+,30+,31-,32+/m1/s1. The van der Waals surface area contributed by atoms with Crippen LogP contribution >= 0.6 is 0 Å². The fourth-order valence-electron chi connectivity index (χ4n) is 10.1. The van der Waals surface area contributed by atoms with Gasteiger partial charge in [0.15, 0.2) is 0 Å². The van der Waals surface area contributed by atoms with Crippen molar-refractivity contribution in [3.8, 4) is 0 Å². The van der Waals surface area contributed by atoms with Gasteiger partial charge in [0, 0.05) is 12.8 Å². The van der Waals surface area contributed by atoms with Gasteiger partial charge in [-0.25, -0.2) is 0 Å². The second-order valence-electron chi connectivity index (χ2n) is 13.6. The number of hydrogen-bond donors (Lipinski definition) is 1. The number of esters is 1. The molecule has 0 bridgehead atoms. The highest BCUT2D eigenvalue weighted by Gasteiger charge is 2.61. The first-order valence-corrected chi connectivity index (χ1v) is 14.5. The molecule has 1 aromatic rings. The molecule has 1 aromatic carbocycles. The zero-order valence-electron chi connectivity index (χ0n) is 22.6. The van der Waals surface area contributed by atoms with Gasteiger partial charge in [0.25, 0.3) is 0 Å². The molecule has 4 aliphatic rings. The quantitative estimate of drug-likeness (QED) is 0.438. The second-order valence-corrected chi connectivity index (χ2v) is 13.6. The number of fused-ring (bicyclic) bond motifs is 5. The van der Waals surface area contributed by atoms with Gasteiger partial charge in [-0.3, -0.25) is 4.79 Å². The highest BCUT2D eigenvalue weighted by atomic mass is 16.5. The highest BCUT2D eigenvalue weighted by molar-refractivity contribution is 5.69. The predicted octanol–water partition coefficient (Wildman–Crippen LogP) is 7.21. The van der Waals surface area contributed by atoms with Crippen LogP contribution in [0.1, 0.15) is 97.0 Å². The summed E-state index contributed by atoms with van der Waals surface area (Å²) in [5.41, 5.74) is 1.57. The van der Waals surface area contributed by atoms with Gasteiger partial charge >= 0.3 is 5.97 Å². The van der Waals surface area contributed by atoms with Crippen LogP contribution in [0, 0.1) is 46.3 Å². The first-order chi connectivity index (χ1) is 16.7. The number of carbonyl (C=O) groups excluding carboxylic acids is 1. The molecule has 4 fully saturated rings. The fraction of sp³-hybridized carbons (Fsp3) is 0.781. The van der Waals surface area contributed by atoms with E-state index < -0.39 is 5.60 Å². The molecule has 0 aliphatic heterocycles. The zero-order valence-corrected chi connectivity index (χ0v) is 22.6. The monoisotopic (exact) mass is 480 g/mol. The van der Waals surface area contributed by atoms with E-state index in [0.29, 0.717) is 29.1 Å². The maximum absolute atomic E-state index is 11.8. The van der Waals surface area contributed by atoms with Gasteiger partial charge in [-0.2, -0.15) is 0 Å². The lowest BCUT2D eigenvalue weighted by Crippen LogP contribution is -2.56. The minimum atomic E-state index is -0.533. The van der Waals surface area contributed by atoms with Crippen molar-refractivity contribution in [2.45, 2.75) is 103 Å². The van der Waals surface area contributed by atoms with Crippen LogP contribution in [0.4, 0.5) is 0 Å². The van der Waals surface area contributed by atoms with E-state index >= 15 is 0 Å². The lowest BCUT2D eigenvalue weighted by atomic mass is 9.43. The van der Waals surface area contributed by atoms with E-state index in [9.17, 15) is 9.90 Å². The Morgan fingerprint density at radius 1 is 1.00 bits per heavy atom. The summed E-state index contributed by atoms with van der Waals surface area (Å²) in [5.74, 6) is 4.46. The van der Waals surface area contributed by atoms with Crippen LogP contribution in [0.5, 0.6) is 0 Å². The molecule has 1 N–H and O–H groups in total. The van der Waals surface area contributed by atoms with Crippen LogP contribution in [-0.2, 0) is 16.0 Å². The Morgan fingerprint density at radius 2 is 1.74 bits per heavy atom. The summed E-state index contributed by atoms with van der Waals surface area (Å²) in [7, 11) is 1.51. The smallest absolute Gasteiger partial charge is 0.305 e. The summed E-state index contributed by atoms with van der Waals surface area (Å²) in [6, 6.07) is 10.6. The van der Waals surface area contributed by atoms with Crippen molar-refractivity contribution in [1.29, 1.82) is 0 Å². The minimum Gasteiger partial charge on any atom is -0.469 e. The van der Waals surface area contributed by atoms with Gasteiger partial charge < -0.3 is 9.84 Å². The molecule has 0 saturated heterocycles. The first-order valence-electron chi connectivity index (χ1n) is 14.5. The van der Waals surface area contributed by atoms with E-state index in [1.807, 2.05) is 0 Å². The average molecular weight is 481 g/mol. The number of methoxy groups -OCH3 is 1. The lowest BCUT2D eigenvalue weighted by Gasteiger charge is -2.62. The normalized spacial score (nSPS) is 43.5. The van der Waals surface area contributed by atoms with Gasteiger partial charge in [0.1, 0.15) is 0 Å². The average Bonchev–Trinajstić information content (AvgIpc) is 3.20. The minimum absolute atomic E-state index is 0.0592. The predicted molar refractivity (Wildman–Crippen MR) is 141 cm³/mol. The van der Waals surface area contributed by atoms with Crippen molar-refractivity contribution in [3.63, 3.8) is 0 Å². The molecule has 35 heavy (non-hydrogen) atoms. The van der Waals surface area contributed by atoms with Crippen LogP contribution in [0.3, 0.4) is 0 Å². The molecule has 0 heterocycles. The van der Waals surface area contributed by atoms with Crippen molar-refractivity contribution >= 4 is 5.97 Å². The zero-order chi connectivity index (χ0) is 24.8. The first kappa shape index (κ1) is 25.3. The maximum atomic E-state index is 11.8. The summed E-state index contributed by atoms with van der Waals surface area (Å²) in [5, 5.41) is 11.6. The molecule has 0 spiro atoms. The Hall–Kier alpha value is -1.35. The summed E-state index contributed by atoms with van der Waals surface area (Å²) < 4.78 is 4.92. The Balaban J connectivity index is 1.27. The molecular formula is C32H48O3. The topological polar surface area (TPSA) is 46.5 Å². The van der Waals surface area contributed by atoms with Crippen LogP contribution < -0.4 is 0 Å². The number of benzene rings is 1. The van der Waals surface area contributed by atoms with Gasteiger partial charge in [-0.15, -0.1) is 0 Å². The number of carbonyl (C=O) groups is 1. The summed E-state index contributed by atoms with van der Waals surface area (Å²) in [6.07, 6.45) is 13.5. The third kappa shape index (κ3) is 4.49. The molecule has 194 valence electrons. The van der Waals surface area contributed by atoms with Crippen molar-refractivity contribution < 1.29 is 14.6 Å². The van der Waals surface area contributed by atoms with E-state index in [-0.39, 0.29) is 5.97 Å². The summed E-state index contributed by atoms with van der Waals surface area (Å²) >= 11 is 0. The molecule has 3 heteroatoms. The molecular weight excluding hydrogens is 432 g/mol. The molecule has 4 saturated carbocycles. The summed E-state index contributed by atoms with van der Waals surface area (Å²) in [6.45, 7) is 7.60. The van der Waals surface area contributed by atoms with Gasteiger partial charge in [-0.05, 0) is 116 Å². The van der Waals surface area contributed by atoms with E-state index in [1.54, 1.807) is 0 Å². The number of ether oxygens (including phenoxy) is 1. The number of rotatable bonds is 6. The van der Waals surface area contributed by atoms with Crippen LogP contribution in [0.2, 0.25) is 0 Å². The number of aliphatic hydroxyl groups is 1. The Bertz CT molecular complexity index is 897.